The van der Waals surface area contributed by atoms with Crippen LogP contribution < -0.4 is 5.32 Å². The van der Waals surface area contributed by atoms with E-state index in [0.29, 0.717) is 4.88 Å². The van der Waals surface area contributed by atoms with Gasteiger partial charge in [-0.05, 0) is 17.2 Å². The van der Waals surface area contributed by atoms with Crippen molar-refractivity contribution in [3.8, 4) is 22.4 Å². The molecule has 4 rings (SSSR count). The van der Waals surface area contributed by atoms with Crippen molar-refractivity contribution >= 4 is 39.5 Å². The first-order chi connectivity index (χ1) is 13.2. The van der Waals surface area contributed by atoms with Crippen LogP contribution in [0.1, 0.15) is 9.67 Å². The molecule has 0 atom stereocenters. The standard InChI is InChI=1S/C21H16N2O2S2/c1-25-20(24)19-11-17(12-26-19)22-21-23-18(13-27-21)16-9-7-15(8-10-16)14-5-3-2-4-6-14/h2-13H,1H3,(H,22,23). The second-order valence-electron chi connectivity index (χ2n) is 5.80. The molecule has 4 aromatic rings. The van der Waals surface area contributed by atoms with Crippen molar-refractivity contribution in [1.82, 2.24) is 4.98 Å². The van der Waals surface area contributed by atoms with Crippen LogP contribution in [0.15, 0.2) is 71.4 Å². The van der Waals surface area contributed by atoms with Crippen LogP contribution in [0.4, 0.5) is 10.8 Å². The van der Waals surface area contributed by atoms with E-state index in [1.165, 1.54) is 40.9 Å². The van der Waals surface area contributed by atoms with Crippen molar-refractivity contribution < 1.29 is 9.53 Å². The maximum atomic E-state index is 11.5. The van der Waals surface area contributed by atoms with E-state index in [1.807, 2.05) is 29.0 Å². The summed E-state index contributed by atoms with van der Waals surface area (Å²) in [6, 6.07) is 20.5. The highest BCUT2D eigenvalue weighted by atomic mass is 32.1. The average molecular weight is 393 g/mol. The summed E-state index contributed by atoms with van der Waals surface area (Å²) in [5, 5.41) is 7.92. The minimum absolute atomic E-state index is 0.327. The van der Waals surface area contributed by atoms with Crippen molar-refractivity contribution in [2.24, 2.45) is 0 Å². The molecule has 134 valence electrons. The number of nitrogens with one attached hydrogen (secondary N) is 1. The molecule has 0 aliphatic rings. The molecule has 0 radical (unpaired) electrons. The maximum absolute atomic E-state index is 11.5. The first kappa shape index (κ1) is 17.5. The molecule has 27 heavy (non-hydrogen) atoms. The normalized spacial score (nSPS) is 10.6. The first-order valence-corrected chi connectivity index (χ1v) is 10.0. The summed E-state index contributed by atoms with van der Waals surface area (Å²) in [6.45, 7) is 0. The molecule has 0 aliphatic heterocycles. The van der Waals surface area contributed by atoms with Gasteiger partial charge in [-0.2, -0.15) is 0 Å². The lowest BCUT2D eigenvalue weighted by atomic mass is 10.0. The Hall–Kier alpha value is -2.96. The molecule has 4 nitrogen and oxygen atoms in total. The summed E-state index contributed by atoms with van der Waals surface area (Å²) in [7, 11) is 1.38. The number of thiophene rings is 1. The fourth-order valence-electron chi connectivity index (χ4n) is 2.66. The number of anilines is 2. The Morgan fingerprint density at radius 3 is 2.37 bits per heavy atom. The van der Waals surface area contributed by atoms with Crippen LogP contribution in [-0.2, 0) is 4.74 Å². The Morgan fingerprint density at radius 1 is 0.926 bits per heavy atom. The minimum Gasteiger partial charge on any atom is -0.465 e. The summed E-state index contributed by atoms with van der Waals surface area (Å²) >= 11 is 2.87. The molecule has 0 unspecified atom stereocenters. The largest absolute Gasteiger partial charge is 0.465 e. The van der Waals surface area contributed by atoms with E-state index in [-0.39, 0.29) is 5.97 Å². The van der Waals surface area contributed by atoms with Gasteiger partial charge in [-0.1, -0.05) is 54.6 Å². The van der Waals surface area contributed by atoms with Gasteiger partial charge in [0.05, 0.1) is 18.5 Å². The van der Waals surface area contributed by atoms with Gasteiger partial charge in [0.2, 0.25) is 0 Å². The van der Waals surface area contributed by atoms with E-state index in [0.717, 1.165) is 22.1 Å². The van der Waals surface area contributed by atoms with E-state index in [2.05, 4.69) is 46.7 Å². The van der Waals surface area contributed by atoms with E-state index in [4.69, 9.17) is 4.74 Å². The zero-order valence-electron chi connectivity index (χ0n) is 14.5. The van der Waals surface area contributed by atoms with Crippen molar-refractivity contribution in [2.75, 3.05) is 12.4 Å². The predicted molar refractivity (Wildman–Crippen MR) is 112 cm³/mol. The maximum Gasteiger partial charge on any atom is 0.348 e. The Balaban J connectivity index is 1.49. The molecule has 0 saturated carbocycles. The number of carbonyl (C=O) groups excluding carboxylic acids is 1. The second kappa shape index (κ2) is 7.73. The van der Waals surface area contributed by atoms with Crippen LogP contribution in [0.5, 0.6) is 0 Å². The highest BCUT2D eigenvalue weighted by Crippen LogP contribution is 2.30. The number of rotatable bonds is 5. The van der Waals surface area contributed by atoms with E-state index >= 15 is 0 Å². The number of methoxy groups -OCH3 is 1. The van der Waals surface area contributed by atoms with Crippen molar-refractivity contribution in [2.45, 2.75) is 0 Å². The summed E-state index contributed by atoms with van der Waals surface area (Å²) in [5.41, 5.74) is 5.20. The van der Waals surface area contributed by atoms with Crippen LogP contribution in [0.25, 0.3) is 22.4 Å². The van der Waals surface area contributed by atoms with Crippen molar-refractivity contribution in [1.29, 1.82) is 0 Å². The van der Waals surface area contributed by atoms with Gasteiger partial charge < -0.3 is 10.1 Å². The fourth-order valence-corrected chi connectivity index (χ4v) is 4.16. The van der Waals surface area contributed by atoms with Gasteiger partial charge in [-0.25, -0.2) is 9.78 Å². The van der Waals surface area contributed by atoms with Gasteiger partial charge in [-0.3, -0.25) is 0 Å². The van der Waals surface area contributed by atoms with Gasteiger partial charge in [0.15, 0.2) is 5.13 Å². The Bertz CT molecular complexity index is 1050. The molecular formula is C21H16N2O2S2. The monoisotopic (exact) mass is 392 g/mol. The third-order valence-electron chi connectivity index (χ3n) is 4.03. The molecule has 0 aliphatic carbocycles. The molecule has 2 aromatic carbocycles. The van der Waals surface area contributed by atoms with Crippen LogP contribution in [0.2, 0.25) is 0 Å². The molecule has 1 N–H and O–H groups in total. The average Bonchev–Trinajstić information content (AvgIpc) is 3.38. The molecular weight excluding hydrogens is 376 g/mol. The third-order valence-corrected chi connectivity index (χ3v) is 5.70. The van der Waals surface area contributed by atoms with E-state index in [1.54, 1.807) is 6.07 Å². The minimum atomic E-state index is -0.327. The molecule has 0 fully saturated rings. The number of thiazole rings is 1. The molecule has 0 saturated heterocycles. The van der Waals surface area contributed by atoms with Crippen molar-refractivity contribution in [3.05, 3.63) is 76.3 Å². The first-order valence-electron chi connectivity index (χ1n) is 8.28. The number of nitrogens with zero attached hydrogens (tertiary/aromatic N) is 1. The highest BCUT2D eigenvalue weighted by molar-refractivity contribution is 7.14. The lowest BCUT2D eigenvalue weighted by Crippen LogP contribution is -1.97. The van der Waals surface area contributed by atoms with E-state index < -0.39 is 0 Å². The topological polar surface area (TPSA) is 51.2 Å². The summed E-state index contributed by atoms with van der Waals surface area (Å²) in [4.78, 5) is 16.8. The van der Waals surface area contributed by atoms with Gasteiger partial charge in [-0.15, -0.1) is 22.7 Å². The SMILES string of the molecule is COC(=O)c1cc(Nc2nc(-c3ccc(-c4ccccc4)cc3)cs2)cs1. The molecule has 0 amide bonds. The number of aromatic nitrogens is 1. The Kier molecular flexibility index (Phi) is 5.00. The highest BCUT2D eigenvalue weighted by Gasteiger charge is 2.11. The fraction of sp³-hybridized carbons (Fsp3) is 0.0476. The molecule has 6 heteroatoms. The smallest absolute Gasteiger partial charge is 0.348 e. The Labute approximate surface area is 165 Å². The molecule has 2 aromatic heterocycles. The number of esters is 1. The number of carbonyl (C=O) groups is 1. The van der Waals surface area contributed by atoms with Crippen LogP contribution in [0, 0.1) is 0 Å². The van der Waals surface area contributed by atoms with Gasteiger partial charge in [0.25, 0.3) is 0 Å². The lowest BCUT2D eigenvalue weighted by molar-refractivity contribution is 0.0606. The lowest BCUT2D eigenvalue weighted by Gasteiger charge is -2.03. The Morgan fingerprint density at radius 2 is 1.63 bits per heavy atom. The quantitative estimate of drug-likeness (QED) is 0.419. The van der Waals surface area contributed by atoms with Gasteiger partial charge in [0, 0.05) is 16.3 Å². The molecule has 0 bridgehead atoms. The number of hydrogen-bond donors (Lipinski definition) is 1. The third kappa shape index (κ3) is 3.92. The van der Waals surface area contributed by atoms with Crippen molar-refractivity contribution in [3.63, 3.8) is 0 Å². The summed E-state index contributed by atoms with van der Waals surface area (Å²) in [6.07, 6.45) is 0. The summed E-state index contributed by atoms with van der Waals surface area (Å²) < 4.78 is 4.73. The van der Waals surface area contributed by atoms with Gasteiger partial charge >= 0.3 is 5.97 Å². The number of benzene rings is 2. The number of hydrogen-bond acceptors (Lipinski definition) is 6. The van der Waals surface area contributed by atoms with Crippen LogP contribution >= 0.6 is 22.7 Å². The van der Waals surface area contributed by atoms with E-state index in [9.17, 15) is 4.79 Å². The zero-order valence-corrected chi connectivity index (χ0v) is 16.1. The molecule has 0 spiro atoms. The zero-order chi connectivity index (χ0) is 18.6. The number of ether oxygens (including phenoxy) is 1. The van der Waals surface area contributed by atoms with Gasteiger partial charge in [0.1, 0.15) is 4.88 Å². The molecule has 2 heterocycles. The predicted octanol–water partition coefficient (Wildman–Crippen LogP) is 6.07. The van der Waals surface area contributed by atoms with Crippen LogP contribution in [0.3, 0.4) is 0 Å². The second-order valence-corrected chi connectivity index (χ2v) is 7.57. The van der Waals surface area contributed by atoms with Crippen LogP contribution in [-0.4, -0.2) is 18.1 Å². The summed E-state index contributed by atoms with van der Waals surface area (Å²) in [5.74, 6) is -0.327.